The molecule has 0 aliphatic carbocycles. The Balaban J connectivity index is 2.64. The van der Waals surface area contributed by atoms with Crippen LogP contribution in [0.15, 0.2) is 24.3 Å². The Bertz CT molecular complexity index is 362. The maximum absolute atomic E-state index is 11.0. The van der Waals surface area contributed by atoms with Gasteiger partial charge >= 0.3 is 0 Å². The Hall–Kier alpha value is -0.620. The van der Waals surface area contributed by atoms with Crippen molar-refractivity contribution in [1.29, 1.82) is 0 Å². The van der Waals surface area contributed by atoms with Gasteiger partial charge in [-0.05, 0) is 46.2 Å². The standard InChI is InChI=1S/C13H19IN2O/c1-10(2)7-16(9-13(15)17)8-11-3-5-12(14)6-4-11/h3-6,10H,7-9H2,1-2H3,(H2,15,17). The van der Waals surface area contributed by atoms with Crippen LogP contribution in [0.3, 0.4) is 0 Å². The maximum atomic E-state index is 11.0. The molecule has 4 heteroatoms. The van der Waals surface area contributed by atoms with Gasteiger partial charge in [0.15, 0.2) is 0 Å². The maximum Gasteiger partial charge on any atom is 0.231 e. The molecule has 0 unspecified atom stereocenters. The minimum Gasteiger partial charge on any atom is -0.369 e. The molecule has 0 atom stereocenters. The normalized spacial score (nSPS) is 11.1. The highest BCUT2D eigenvalue weighted by molar-refractivity contribution is 14.1. The Morgan fingerprint density at radius 2 is 1.94 bits per heavy atom. The lowest BCUT2D eigenvalue weighted by molar-refractivity contribution is -0.119. The molecule has 0 fully saturated rings. The van der Waals surface area contributed by atoms with Crippen LogP contribution in [0.1, 0.15) is 19.4 Å². The molecular weight excluding hydrogens is 327 g/mol. The summed E-state index contributed by atoms with van der Waals surface area (Å²) in [4.78, 5) is 13.1. The van der Waals surface area contributed by atoms with E-state index in [1.54, 1.807) is 0 Å². The van der Waals surface area contributed by atoms with Crippen molar-refractivity contribution in [2.75, 3.05) is 13.1 Å². The van der Waals surface area contributed by atoms with E-state index in [2.05, 4.69) is 65.6 Å². The molecule has 1 aromatic rings. The molecule has 1 amide bonds. The first-order valence-electron chi connectivity index (χ1n) is 5.72. The molecule has 0 radical (unpaired) electrons. The van der Waals surface area contributed by atoms with Crippen molar-refractivity contribution in [1.82, 2.24) is 4.90 Å². The molecule has 0 bridgehead atoms. The van der Waals surface area contributed by atoms with Gasteiger partial charge < -0.3 is 5.73 Å². The van der Waals surface area contributed by atoms with Gasteiger partial charge in [0.2, 0.25) is 5.91 Å². The fourth-order valence-electron chi connectivity index (χ4n) is 1.77. The molecule has 0 spiro atoms. The highest BCUT2D eigenvalue weighted by atomic mass is 127. The molecule has 0 saturated heterocycles. The second-order valence-corrected chi connectivity index (χ2v) is 5.90. The lowest BCUT2D eigenvalue weighted by atomic mass is 10.1. The Morgan fingerprint density at radius 3 is 2.41 bits per heavy atom. The molecule has 17 heavy (non-hydrogen) atoms. The number of hydrogen-bond acceptors (Lipinski definition) is 2. The molecule has 0 aliphatic heterocycles. The van der Waals surface area contributed by atoms with Crippen LogP contribution in [0.5, 0.6) is 0 Å². The van der Waals surface area contributed by atoms with Crippen LogP contribution >= 0.6 is 22.6 Å². The zero-order valence-corrected chi connectivity index (χ0v) is 12.5. The quantitative estimate of drug-likeness (QED) is 0.803. The molecule has 0 saturated carbocycles. The van der Waals surface area contributed by atoms with E-state index in [4.69, 9.17) is 5.73 Å². The van der Waals surface area contributed by atoms with Crippen LogP contribution in [-0.4, -0.2) is 23.9 Å². The SMILES string of the molecule is CC(C)CN(CC(N)=O)Cc1ccc(I)cc1. The van der Waals surface area contributed by atoms with Gasteiger partial charge in [0.1, 0.15) is 0 Å². The van der Waals surface area contributed by atoms with Gasteiger partial charge in [-0.3, -0.25) is 9.69 Å². The van der Waals surface area contributed by atoms with E-state index in [0.29, 0.717) is 12.5 Å². The molecular formula is C13H19IN2O. The number of nitrogens with zero attached hydrogens (tertiary/aromatic N) is 1. The second kappa shape index (κ2) is 6.96. The third kappa shape index (κ3) is 6.02. The highest BCUT2D eigenvalue weighted by Gasteiger charge is 2.10. The summed E-state index contributed by atoms with van der Waals surface area (Å²) < 4.78 is 1.22. The zero-order chi connectivity index (χ0) is 12.8. The average molecular weight is 346 g/mol. The van der Waals surface area contributed by atoms with Crippen LogP contribution in [0, 0.1) is 9.49 Å². The van der Waals surface area contributed by atoms with Crippen molar-refractivity contribution in [2.24, 2.45) is 11.7 Å². The number of amides is 1. The summed E-state index contributed by atoms with van der Waals surface area (Å²) >= 11 is 2.28. The van der Waals surface area contributed by atoms with Crippen molar-refractivity contribution in [2.45, 2.75) is 20.4 Å². The summed E-state index contributed by atoms with van der Waals surface area (Å²) in [5.41, 5.74) is 6.48. The zero-order valence-electron chi connectivity index (χ0n) is 10.3. The number of nitrogens with two attached hydrogens (primary N) is 1. The fraction of sp³-hybridized carbons (Fsp3) is 0.462. The Morgan fingerprint density at radius 1 is 1.35 bits per heavy atom. The van der Waals surface area contributed by atoms with Crippen LogP contribution in [-0.2, 0) is 11.3 Å². The third-order valence-electron chi connectivity index (χ3n) is 2.32. The lowest BCUT2D eigenvalue weighted by Crippen LogP contribution is -2.35. The van der Waals surface area contributed by atoms with Crippen LogP contribution in [0.25, 0.3) is 0 Å². The summed E-state index contributed by atoms with van der Waals surface area (Å²) in [7, 11) is 0. The number of carbonyl (C=O) groups excluding carboxylic acids is 1. The average Bonchev–Trinajstić information content (AvgIpc) is 2.19. The summed E-state index contributed by atoms with van der Waals surface area (Å²) in [5.74, 6) is 0.259. The van der Waals surface area contributed by atoms with Crippen molar-refractivity contribution in [3.05, 3.63) is 33.4 Å². The van der Waals surface area contributed by atoms with Gasteiger partial charge in [0.25, 0.3) is 0 Å². The predicted octanol–water partition coefficient (Wildman–Crippen LogP) is 2.23. The first-order chi connectivity index (χ1) is 7.97. The number of primary amides is 1. The van der Waals surface area contributed by atoms with Gasteiger partial charge in [0.05, 0.1) is 6.54 Å². The smallest absolute Gasteiger partial charge is 0.231 e. The molecule has 3 nitrogen and oxygen atoms in total. The number of hydrogen-bond donors (Lipinski definition) is 1. The van der Waals surface area contributed by atoms with Crippen molar-refractivity contribution >= 4 is 28.5 Å². The van der Waals surface area contributed by atoms with Gasteiger partial charge in [0, 0.05) is 16.7 Å². The first-order valence-corrected chi connectivity index (χ1v) is 6.80. The number of rotatable bonds is 6. The van der Waals surface area contributed by atoms with Crippen LogP contribution in [0.2, 0.25) is 0 Å². The molecule has 2 N–H and O–H groups in total. The fourth-order valence-corrected chi connectivity index (χ4v) is 2.13. The van der Waals surface area contributed by atoms with Crippen molar-refractivity contribution in [3.63, 3.8) is 0 Å². The monoisotopic (exact) mass is 346 g/mol. The first kappa shape index (κ1) is 14.4. The van der Waals surface area contributed by atoms with E-state index < -0.39 is 0 Å². The minimum absolute atomic E-state index is 0.267. The molecule has 0 aromatic heterocycles. The summed E-state index contributed by atoms with van der Waals surface area (Å²) in [6.07, 6.45) is 0. The predicted molar refractivity (Wildman–Crippen MR) is 78.5 cm³/mol. The van der Waals surface area contributed by atoms with Gasteiger partial charge in [-0.2, -0.15) is 0 Å². The highest BCUT2D eigenvalue weighted by Crippen LogP contribution is 2.10. The number of halogens is 1. The summed E-state index contributed by atoms with van der Waals surface area (Å²) in [5, 5.41) is 0. The summed E-state index contributed by atoms with van der Waals surface area (Å²) in [6, 6.07) is 8.34. The van der Waals surface area contributed by atoms with E-state index in [0.717, 1.165) is 13.1 Å². The van der Waals surface area contributed by atoms with E-state index in [1.165, 1.54) is 9.13 Å². The van der Waals surface area contributed by atoms with Gasteiger partial charge in [-0.15, -0.1) is 0 Å². The lowest BCUT2D eigenvalue weighted by Gasteiger charge is -2.22. The molecule has 0 heterocycles. The molecule has 1 rings (SSSR count). The van der Waals surface area contributed by atoms with E-state index >= 15 is 0 Å². The number of benzene rings is 1. The topological polar surface area (TPSA) is 46.3 Å². The largest absolute Gasteiger partial charge is 0.369 e. The molecule has 0 aliphatic rings. The van der Waals surface area contributed by atoms with Crippen LogP contribution < -0.4 is 5.73 Å². The van der Waals surface area contributed by atoms with Gasteiger partial charge in [-0.1, -0.05) is 26.0 Å². The molecule has 94 valence electrons. The Labute approximate surface area is 117 Å². The van der Waals surface area contributed by atoms with Crippen LogP contribution in [0.4, 0.5) is 0 Å². The van der Waals surface area contributed by atoms with Gasteiger partial charge in [-0.25, -0.2) is 0 Å². The number of carbonyl (C=O) groups is 1. The minimum atomic E-state index is -0.267. The van der Waals surface area contributed by atoms with Crippen molar-refractivity contribution < 1.29 is 4.79 Å². The summed E-state index contributed by atoms with van der Waals surface area (Å²) in [6.45, 7) is 6.26. The van der Waals surface area contributed by atoms with E-state index in [9.17, 15) is 4.79 Å². The van der Waals surface area contributed by atoms with Crippen molar-refractivity contribution in [3.8, 4) is 0 Å². The third-order valence-corrected chi connectivity index (χ3v) is 3.04. The van der Waals surface area contributed by atoms with E-state index in [1.807, 2.05) is 0 Å². The van der Waals surface area contributed by atoms with E-state index in [-0.39, 0.29) is 5.91 Å². The Kier molecular flexibility index (Phi) is 5.91. The second-order valence-electron chi connectivity index (χ2n) is 4.66. The molecule has 1 aromatic carbocycles.